The van der Waals surface area contributed by atoms with E-state index in [1.165, 1.54) is 23.7 Å². The van der Waals surface area contributed by atoms with Crippen LogP contribution in [0.5, 0.6) is 0 Å². The lowest BCUT2D eigenvalue weighted by Gasteiger charge is -2.20. The van der Waals surface area contributed by atoms with Crippen molar-refractivity contribution in [3.05, 3.63) is 0 Å². The van der Waals surface area contributed by atoms with Crippen molar-refractivity contribution in [2.75, 3.05) is 51.8 Å². The molecule has 0 aliphatic carbocycles. The Labute approximate surface area is 181 Å². The molecule has 0 saturated carbocycles. The molecule has 0 aliphatic heterocycles. The van der Waals surface area contributed by atoms with Gasteiger partial charge in [-0.1, -0.05) is 0 Å². The second-order valence-corrected chi connectivity index (χ2v) is 12.1. The molecule has 0 N–H and O–H groups in total. The van der Waals surface area contributed by atoms with E-state index in [9.17, 15) is 0 Å². The van der Waals surface area contributed by atoms with E-state index < -0.39 is 0 Å². The third kappa shape index (κ3) is 14.3. The van der Waals surface area contributed by atoms with Crippen molar-refractivity contribution >= 4 is 110 Å². The maximum Gasteiger partial charge on any atom is 0.0598 e. The molecule has 0 radical (unpaired) electrons. The molecular weight excluding hydrogens is 445 g/mol. The van der Waals surface area contributed by atoms with Crippen molar-refractivity contribution in [3.63, 3.8) is 0 Å². The zero-order chi connectivity index (χ0) is 16.6. The molecule has 0 spiro atoms. The highest BCUT2D eigenvalue weighted by molar-refractivity contribution is 8.12. The quantitative estimate of drug-likeness (QED) is 0.121. The topological polar surface area (TPSA) is 0 Å². The summed E-state index contributed by atoms with van der Waals surface area (Å²) < 4.78 is 0.378. The number of thiol groups is 5. The van der Waals surface area contributed by atoms with Crippen LogP contribution >= 0.6 is 110 Å². The molecule has 22 heavy (non-hydrogen) atoms. The third-order valence-corrected chi connectivity index (χ3v) is 11.3. The first kappa shape index (κ1) is 25.1. The highest BCUT2D eigenvalue weighted by atomic mass is 32.2. The van der Waals surface area contributed by atoms with Gasteiger partial charge in [0.1, 0.15) is 0 Å². The van der Waals surface area contributed by atoms with Crippen LogP contribution in [0.1, 0.15) is 6.42 Å². The summed E-state index contributed by atoms with van der Waals surface area (Å²) in [5.41, 5.74) is 0. The minimum Gasteiger partial charge on any atom is -0.179 e. The van der Waals surface area contributed by atoms with Gasteiger partial charge in [-0.2, -0.15) is 98.4 Å². The normalized spacial score (nSPS) is 15.7. The second-order valence-electron chi connectivity index (χ2n) is 4.40. The van der Waals surface area contributed by atoms with E-state index in [0.29, 0.717) is 15.1 Å². The molecule has 3 atom stereocenters. The van der Waals surface area contributed by atoms with Gasteiger partial charge in [0, 0.05) is 39.3 Å². The lowest BCUT2D eigenvalue weighted by atomic mass is 10.5. The van der Waals surface area contributed by atoms with E-state index in [-0.39, 0.29) is 0 Å². The molecule has 3 unspecified atom stereocenters. The van der Waals surface area contributed by atoms with E-state index in [4.69, 9.17) is 12.6 Å². The number of thioether (sulfide) groups is 4. The summed E-state index contributed by atoms with van der Waals surface area (Å²) in [6.07, 6.45) is 1.25. The van der Waals surface area contributed by atoms with Gasteiger partial charge < -0.3 is 0 Å². The fourth-order valence-electron chi connectivity index (χ4n) is 1.49. The van der Waals surface area contributed by atoms with E-state index in [1.807, 2.05) is 35.3 Å². The molecule has 134 valence electrons. The van der Waals surface area contributed by atoms with Crippen LogP contribution in [0, 0.1) is 0 Å². The van der Waals surface area contributed by atoms with E-state index in [1.54, 1.807) is 0 Å². The summed E-state index contributed by atoms with van der Waals surface area (Å²) in [4.78, 5) is 0. The Morgan fingerprint density at radius 1 is 0.727 bits per heavy atom. The van der Waals surface area contributed by atoms with Crippen LogP contribution < -0.4 is 0 Å². The summed E-state index contributed by atoms with van der Waals surface area (Å²) in [6.45, 7) is 0. The van der Waals surface area contributed by atoms with Gasteiger partial charge in [-0.05, 0) is 29.4 Å². The Morgan fingerprint density at radius 3 is 2.00 bits per heavy atom. The maximum absolute atomic E-state index is 4.73. The average Bonchev–Trinajstić information content (AvgIpc) is 2.54. The zero-order valence-corrected chi connectivity index (χ0v) is 20.4. The molecule has 0 fully saturated rings. The van der Waals surface area contributed by atoms with Crippen molar-refractivity contribution in [1.82, 2.24) is 0 Å². The van der Waals surface area contributed by atoms with Crippen LogP contribution in [0.25, 0.3) is 0 Å². The average molecular weight is 473 g/mol. The van der Waals surface area contributed by atoms with Gasteiger partial charge in [-0.25, -0.2) is 0 Å². The molecule has 0 aromatic carbocycles. The maximum atomic E-state index is 4.73. The van der Waals surface area contributed by atoms with Gasteiger partial charge in [-0.3, -0.25) is 0 Å². The lowest BCUT2D eigenvalue weighted by molar-refractivity contribution is 1.07. The van der Waals surface area contributed by atoms with Crippen molar-refractivity contribution in [3.8, 4) is 0 Å². The molecule has 0 rings (SSSR count). The predicted molar refractivity (Wildman–Crippen MR) is 135 cm³/mol. The van der Waals surface area contributed by atoms with Crippen LogP contribution in [-0.4, -0.2) is 66.9 Å². The van der Waals surface area contributed by atoms with Gasteiger partial charge in [0.15, 0.2) is 0 Å². The van der Waals surface area contributed by atoms with Crippen LogP contribution in [0.15, 0.2) is 0 Å². The first-order chi connectivity index (χ1) is 10.7. The summed E-state index contributed by atoms with van der Waals surface area (Å²) in [5, 5.41) is 1.18. The van der Waals surface area contributed by atoms with Gasteiger partial charge in [0.05, 0.1) is 4.58 Å². The van der Waals surface area contributed by atoms with Crippen LogP contribution in [-0.2, 0) is 0 Å². The molecule has 0 aromatic rings. The lowest BCUT2D eigenvalue weighted by Crippen LogP contribution is -2.18. The minimum atomic E-state index is 0.378. The molecule has 0 saturated heterocycles. The molecule has 0 heterocycles. The summed E-state index contributed by atoms with van der Waals surface area (Å²) >= 11 is 30.1. The number of rotatable bonds is 16. The monoisotopic (exact) mass is 472 g/mol. The smallest absolute Gasteiger partial charge is 0.0598 e. The van der Waals surface area contributed by atoms with Gasteiger partial charge in [-0.15, -0.1) is 11.8 Å². The highest BCUT2D eigenvalue weighted by Crippen LogP contribution is 2.29. The fraction of sp³-hybridized carbons (Fsp3) is 1.00. The molecule has 0 aromatic heterocycles. The first-order valence-electron chi connectivity index (χ1n) is 7.23. The van der Waals surface area contributed by atoms with E-state index in [2.05, 4.69) is 62.3 Å². The third-order valence-electron chi connectivity index (χ3n) is 2.60. The van der Waals surface area contributed by atoms with Crippen LogP contribution in [0.4, 0.5) is 0 Å². The second kappa shape index (κ2) is 18.9. The summed E-state index contributed by atoms with van der Waals surface area (Å²) in [6, 6.07) is 0. The summed E-state index contributed by atoms with van der Waals surface area (Å²) in [5.74, 6) is 9.55. The summed E-state index contributed by atoms with van der Waals surface area (Å²) in [7, 11) is 0. The first-order valence-corrected chi connectivity index (χ1v) is 14.6. The Balaban J connectivity index is 3.61. The molecule has 0 bridgehead atoms. The van der Waals surface area contributed by atoms with Crippen molar-refractivity contribution < 1.29 is 0 Å². The SMILES string of the molecule is SCCSC(CS)CSCCCSC(S)C(CS)SCCS. The minimum absolute atomic E-state index is 0.378. The number of hydrogen-bond donors (Lipinski definition) is 5. The fourth-order valence-corrected chi connectivity index (χ4v) is 8.57. The van der Waals surface area contributed by atoms with Gasteiger partial charge in [0.2, 0.25) is 0 Å². The molecule has 0 nitrogen and oxygen atoms in total. The Hall–Kier alpha value is 3.15. The molecular formula is C13H28S9. The Bertz CT molecular complexity index is 230. The van der Waals surface area contributed by atoms with E-state index in [0.717, 1.165) is 34.5 Å². The number of hydrogen-bond acceptors (Lipinski definition) is 9. The van der Waals surface area contributed by atoms with Crippen molar-refractivity contribution in [2.24, 2.45) is 0 Å². The van der Waals surface area contributed by atoms with Crippen LogP contribution in [0.3, 0.4) is 0 Å². The molecule has 9 heteroatoms. The van der Waals surface area contributed by atoms with Crippen molar-refractivity contribution in [1.29, 1.82) is 0 Å². The Kier molecular flexibility index (Phi) is 21.6. The zero-order valence-electron chi connectivity index (χ0n) is 12.7. The van der Waals surface area contributed by atoms with Gasteiger partial charge in [0.25, 0.3) is 0 Å². The van der Waals surface area contributed by atoms with Gasteiger partial charge >= 0.3 is 0 Å². The predicted octanol–water partition coefficient (Wildman–Crippen LogP) is 5.02. The van der Waals surface area contributed by atoms with Crippen molar-refractivity contribution in [2.45, 2.75) is 21.5 Å². The largest absolute Gasteiger partial charge is 0.179 e. The van der Waals surface area contributed by atoms with E-state index >= 15 is 0 Å². The Morgan fingerprint density at radius 2 is 1.41 bits per heavy atom. The highest BCUT2D eigenvalue weighted by Gasteiger charge is 2.17. The molecule has 0 aliphatic rings. The van der Waals surface area contributed by atoms with Crippen LogP contribution in [0.2, 0.25) is 0 Å². The molecule has 0 amide bonds. The standard InChI is InChI=1S/C13H28S9/c14-2-6-20-11(8-16)10-19-4-1-5-22-13(18)12(9-17)21-7-3-15/h11-18H,1-10H2.